The van der Waals surface area contributed by atoms with Crippen LogP contribution in [0.2, 0.25) is 0 Å². The standard InChI is InChI=1S/C14H22N2S2/c1-10-11(2)18-14(9-17-10)13(15-3)7-12-5-4-6-16-8-12/h4-6,8,10-11,13-15H,7,9H2,1-3H3. The van der Waals surface area contributed by atoms with Crippen LogP contribution in [0.25, 0.3) is 0 Å². The van der Waals surface area contributed by atoms with E-state index in [2.05, 4.69) is 60.8 Å². The number of thioether (sulfide) groups is 2. The molecule has 2 nitrogen and oxygen atoms in total. The van der Waals surface area contributed by atoms with Gasteiger partial charge in [0.15, 0.2) is 0 Å². The molecule has 1 N–H and O–H groups in total. The van der Waals surface area contributed by atoms with Gasteiger partial charge in [0.25, 0.3) is 0 Å². The van der Waals surface area contributed by atoms with E-state index in [1.165, 1.54) is 11.3 Å². The van der Waals surface area contributed by atoms with Crippen LogP contribution in [0.1, 0.15) is 19.4 Å². The molecule has 4 unspecified atom stereocenters. The summed E-state index contributed by atoms with van der Waals surface area (Å²) in [6.45, 7) is 4.69. The van der Waals surface area contributed by atoms with E-state index in [0.29, 0.717) is 11.3 Å². The van der Waals surface area contributed by atoms with Crippen molar-refractivity contribution in [2.24, 2.45) is 0 Å². The Kier molecular flexibility index (Phi) is 5.39. The molecule has 1 aliphatic rings. The number of likely N-dealkylation sites (N-methyl/N-ethyl adjacent to an activating group) is 1. The fraction of sp³-hybridized carbons (Fsp3) is 0.643. The summed E-state index contributed by atoms with van der Waals surface area (Å²) in [6, 6.07) is 4.74. The maximum Gasteiger partial charge on any atom is 0.0300 e. The van der Waals surface area contributed by atoms with Crippen molar-refractivity contribution in [1.82, 2.24) is 10.3 Å². The summed E-state index contributed by atoms with van der Waals surface area (Å²) in [5.41, 5.74) is 1.33. The fourth-order valence-electron chi connectivity index (χ4n) is 2.21. The number of rotatable bonds is 4. The summed E-state index contributed by atoms with van der Waals surface area (Å²) < 4.78 is 0. The van der Waals surface area contributed by atoms with Crippen molar-refractivity contribution in [1.29, 1.82) is 0 Å². The maximum atomic E-state index is 4.20. The van der Waals surface area contributed by atoms with Crippen LogP contribution in [-0.4, -0.2) is 39.6 Å². The zero-order chi connectivity index (χ0) is 13.0. The van der Waals surface area contributed by atoms with Crippen molar-refractivity contribution < 1.29 is 0 Å². The quantitative estimate of drug-likeness (QED) is 0.918. The monoisotopic (exact) mass is 282 g/mol. The number of nitrogens with zero attached hydrogens (tertiary/aromatic N) is 1. The molecule has 1 aromatic heterocycles. The third kappa shape index (κ3) is 3.65. The Bertz CT molecular complexity index is 358. The second-order valence-corrected chi connectivity index (χ2v) is 7.91. The molecule has 2 heterocycles. The molecule has 1 saturated heterocycles. The number of aromatic nitrogens is 1. The fourth-order valence-corrected chi connectivity index (χ4v) is 5.38. The molecule has 0 amide bonds. The molecule has 4 heteroatoms. The van der Waals surface area contributed by atoms with E-state index in [1.54, 1.807) is 0 Å². The van der Waals surface area contributed by atoms with Crippen molar-refractivity contribution in [3.8, 4) is 0 Å². The molecule has 1 aliphatic heterocycles. The second-order valence-electron chi connectivity index (χ2n) is 4.88. The van der Waals surface area contributed by atoms with Crippen LogP contribution in [-0.2, 0) is 6.42 Å². The molecular weight excluding hydrogens is 260 g/mol. The Morgan fingerprint density at radius 1 is 1.44 bits per heavy atom. The first kappa shape index (κ1) is 14.2. The topological polar surface area (TPSA) is 24.9 Å². The lowest BCUT2D eigenvalue weighted by molar-refractivity contribution is 0.553. The van der Waals surface area contributed by atoms with Crippen LogP contribution in [0.5, 0.6) is 0 Å². The first-order valence-corrected chi connectivity index (χ1v) is 8.53. The molecule has 100 valence electrons. The highest BCUT2D eigenvalue weighted by atomic mass is 32.2. The van der Waals surface area contributed by atoms with Crippen molar-refractivity contribution in [2.75, 3.05) is 12.8 Å². The van der Waals surface area contributed by atoms with E-state index >= 15 is 0 Å². The lowest BCUT2D eigenvalue weighted by atomic mass is 10.1. The molecule has 0 radical (unpaired) electrons. The number of nitrogens with one attached hydrogen (secondary N) is 1. The number of hydrogen-bond acceptors (Lipinski definition) is 4. The highest BCUT2D eigenvalue weighted by Crippen LogP contribution is 2.37. The van der Waals surface area contributed by atoms with Gasteiger partial charge >= 0.3 is 0 Å². The van der Waals surface area contributed by atoms with Gasteiger partial charge in [-0.2, -0.15) is 23.5 Å². The molecule has 0 bridgehead atoms. The third-order valence-electron chi connectivity index (χ3n) is 3.57. The lowest BCUT2D eigenvalue weighted by Crippen LogP contribution is -2.43. The molecule has 0 saturated carbocycles. The van der Waals surface area contributed by atoms with Gasteiger partial charge in [-0.1, -0.05) is 19.9 Å². The van der Waals surface area contributed by atoms with Crippen molar-refractivity contribution in [3.63, 3.8) is 0 Å². The Morgan fingerprint density at radius 2 is 2.28 bits per heavy atom. The highest BCUT2D eigenvalue weighted by molar-refractivity contribution is 8.07. The van der Waals surface area contributed by atoms with Crippen molar-refractivity contribution in [3.05, 3.63) is 30.1 Å². The Balaban J connectivity index is 1.97. The van der Waals surface area contributed by atoms with Crippen LogP contribution < -0.4 is 5.32 Å². The van der Waals surface area contributed by atoms with Crippen LogP contribution in [0, 0.1) is 0 Å². The van der Waals surface area contributed by atoms with Gasteiger partial charge < -0.3 is 5.32 Å². The summed E-state index contributed by atoms with van der Waals surface area (Å²) in [6.07, 6.45) is 4.90. The first-order valence-electron chi connectivity index (χ1n) is 6.54. The van der Waals surface area contributed by atoms with E-state index < -0.39 is 0 Å². The first-order chi connectivity index (χ1) is 8.70. The number of pyridine rings is 1. The molecule has 1 fully saturated rings. The van der Waals surface area contributed by atoms with Gasteiger partial charge in [0.05, 0.1) is 0 Å². The molecule has 2 rings (SSSR count). The second kappa shape index (κ2) is 6.83. The average molecular weight is 282 g/mol. The summed E-state index contributed by atoms with van der Waals surface area (Å²) in [7, 11) is 2.08. The van der Waals surface area contributed by atoms with Gasteiger partial charge in [0.1, 0.15) is 0 Å². The molecule has 1 aromatic rings. The van der Waals surface area contributed by atoms with E-state index in [1.807, 2.05) is 18.5 Å². The van der Waals surface area contributed by atoms with Gasteiger partial charge in [-0.15, -0.1) is 0 Å². The van der Waals surface area contributed by atoms with Crippen LogP contribution in [0.4, 0.5) is 0 Å². The SMILES string of the molecule is CNC(Cc1cccnc1)C1CSC(C)C(C)S1. The predicted molar refractivity (Wildman–Crippen MR) is 83.5 cm³/mol. The summed E-state index contributed by atoms with van der Waals surface area (Å²) >= 11 is 4.25. The average Bonchev–Trinajstić information content (AvgIpc) is 2.40. The van der Waals surface area contributed by atoms with Crippen molar-refractivity contribution in [2.45, 2.75) is 42.1 Å². The van der Waals surface area contributed by atoms with Crippen LogP contribution in [0.15, 0.2) is 24.5 Å². The van der Waals surface area contributed by atoms with Gasteiger partial charge in [0.2, 0.25) is 0 Å². The van der Waals surface area contributed by atoms with E-state index in [9.17, 15) is 0 Å². The molecule has 0 aliphatic carbocycles. The van der Waals surface area contributed by atoms with E-state index in [4.69, 9.17) is 0 Å². The maximum absolute atomic E-state index is 4.20. The van der Waals surface area contributed by atoms with Gasteiger partial charge in [-0.25, -0.2) is 0 Å². The Morgan fingerprint density at radius 3 is 2.89 bits per heavy atom. The summed E-state index contributed by atoms with van der Waals surface area (Å²) in [5, 5.41) is 5.72. The summed E-state index contributed by atoms with van der Waals surface area (Å²) in [4.78, 5) is 4.20. The zero-order valence-electron chi connectivity index (χ0n) is 11.3. The molecular formula is C14H22N2S2. The largest absolute Gasteiger partial charge is 0.316 e. The van der Waals surface area contributed by atoms with Crippen LogP contribution in [0.3, 0.4) is 0 Å². The molecule has 4 atom stereocenters. The minimum Gasteiger partial charge on any atom is -0.316 e. The Hall–Kier alpha value is -0.190. The molecule has 18 heavy (non-hydrogen) atoms. The minimum absolute atomic E-state index is 0.543. The van der Waals surface area contributed by atoms with Crippen molar-refractivity contribution >= 4 is 23.5 Å². The van der Waals surface area contributed by atoms with E-state index in [0.717, 1.165) is 16.9 Å². The van der Waals surface area contributed by atoms with Crippen LogP contribution >= 0.6 is 23.5 Å². The normalized spacial score (nSPS) is 30.1. The highest BCUT2D eigenvalue weighted by Gasteiger charge is 2.30. The minimum atomic E-state index is 0.543. The van der Waals surface area contributed by atoms with Gasteiger partial charge in [-0.05, 0) is 25.1 Å². The van der Waals surface area contributed by atoms with Gasteiger partial charge in [0, 0.05) is 39.9 Å². The van der Waals surface area contributed by atoms with Gasteiger partial charge in [-0.3, -0.25) is 4.98 Å². The predicted octanol–water partition coefficient (Wildman–Crippen LogP) is 2.84. The Labute approximate surface area is 119 Å². The zero-order valence-corrected chi connectivity index (χ0v) is 12.9. The lowest BCUT2D eigenvalue weighted by Gasteiger charge is -2.35. The number of hydrogen-bond donors (Lipinski definition) is 1. The third-order valence-corrected chi connectivity index (χ3v) is 7.12. The van der Waals surface area contributed by atoms with E-state index in [-0.39, 0.29) is 0 Å². The molecule has 0 spiro atoms. The smallest absolute Gasteiger partial charge is 0.0300 e. The molecule has 0 aromatic carbocycles. The summed E-state index contributed by atoms with van der Waals surface area (Å²) in [5.74, 6) is 1.25.